The lowest BCUT2D eigenvalue weighted by Gasteiger charge is -2.43. The Labute approximate surface area is 290 Å². The second-order valence-corrected chi connectivity index (χ2v) is 13.2. The van der Waals surface area contributed by atoms with Gasteiger partial charge in [0.15, 0.2) is 11.2 Å². The quantitative estimate of drug-likeness (QED) is 0.185. The number of pyridine rings is 1. The first kappa shape index (κ1) is 29.8. The Balaban J connectivity index is 1.34. The molecule has 50 heavy (non-hydrogen) atoms. The molecule has 240 valence electrons. The maximum atomic E-state index is 14.8. The number of nitrogens with zero attached hydrogens (tertiary/aromatic N) is 2. The van der Waals surface area contributed by atoms with Gasteiger partial charge in [0.05, 0.1) is 23.2 Å². The first-order chi connectivity index (χ1) is 24.7. The highest BCUT2D eigenvalue weighted by Gasteiger charge is 2.41. The van der Waals surface area contributed by atoms with Gasteiger partial charge in [-0.05, 0) is 46.5 Å². The van der Waals surface area contributed by atoms with E-state index in [9.17, 15) is 9.59 Å². The van der Waals surface area contributed by atoms with Crippen molar-refractivity contribution in [2.75, 3.05) is 4.90 Å². The summed E-state index contributed by atoms with van der Waals surface area (Å²) in [6.45, 7) is 1.15. The molecule has 2 unspecified atom stereocenters. The summed E-state index contributed by atoms with van der Waals surface area (Å²) in [4.78, 5) is 31.9. The van der Waals surface area contributed by atoms with Crippen LogP contribution in [0.5, 0.6) is 0 Å². The third-order valence-corrected chi connectivity index (χ3v) is 10.2. The minimum Gasteiger partial charge on any atom is -0.359 e. The maximum absolute atomic E-state index is 14.8. The van der Waals surface area contributed by atoms with Crippen LogP contribution in [-0.2, 0) is 13.1 Å². The molecule has 1 aliphatic carbocycles. The highest BCUT2D eigenvalue weighted by molar-refractivity contribution is 6.12. The summed E-state index contributed by atoms with van der Waals surface area (Å²) in [6, 6.07) is 53.0. The molecule has 0 saturated carbocycles. The zero-order valence-corrected chi connectivity index (χ0v) is 27.4. The number of hydrogen-bond acceptors (Lipinski definition) is 3. The molecule has 7 aromatic rings. The Hall–Kier alpha value is -6.26. The predicted octanol–water partition coefficient (Wildman–Crippen LogP) is 7.85. The number of benzene rings is 6. The van der Waals surface area contributed by atoms with Crippen molar-refractivity contribution < 1.29 is 4.79 Å². The van der Waals surface area contributed by atoms with E-state index in [0.29, 0.717) is 29.3 Å². The summed E-state index contributed by atoms with van der Waals surface area (Å²) in [5.74, 6) is -0.406. The number of anilines is 1. The highest BCUT2D eigenvalue weighted by Crippen LogP contribution is 2.43. The topological polar surface area (TPSA) is 42.3 Å². The molecule has 0 saturated heterocycles. The van der Waals surface area contributed by atoms with Gasteiger partial charge in [-0.2, -0.15) is 0 Å². The smallest absolute Gasteiger partial charge is 0.196 e. The molecule has 1 aliphatic heterocycles. The van der Waals surface area contributed by atoms with Crippen molar-refractivity contribution in [1.82, 2.24) is 4.57 Å². The van der Waals surface area contributed by atoms with Gasteiger partial charge >= 0.3 is 0 Å². The fourth-order valence-corrected chi connectivity index (χ4v) is 7.92. The Morgan fingerprint density at radius 2 is 1.04 bits per heavy atom. The number of carbonyl (C=O) groups excluding carboxylic acids is 1. The first-order valence-corrected chi connectivity index (χ1v) is 17.2. The second-order valence-electron chi connectivity index (χ2n) is 13.2. The maximum Gasteiger partial charge on any atom is 0.196 e. The van der Waals surface area contributed by atoms with Crippen LogP contribution in [0.15, 0.2) is 163 Å². The highest BCUT2D eigenvalue weighted by atomic mass is 16.1. The number of para-hydroxylation sites is 2. The predicted molar refractivity (Wildman–Crippen MR) is 203 cm³/mol. The van der Waals surface area contributed by atoms with Crippen LogP contribution in [0.3, 0.4) is 0 Å². The van der Waals surface area contributed by atoms with Crippen molar-refractivity contribution in [2.45, 2.75) is 19.1 Å². The van der Waals surface area contributed by atoms with Crippen LogP contribution >= 0.6 is 0 Å². The van der Waals surface area contributed by atoms with E-state index in [-0.39, 0.29) is 17.3 Å². The van der Waals surface area contributed by atoms with Crippen molar-refractivity contribution in [3.63, 3.8) is 0 Å². The average Bonchev–Trinajstić information content (AvgIpc) is 3.18. The number of rotatable bonds is 6. The van der Waals surface area contributed by atoms with Crippen LogP contribution in [0.1, 0.15) is 21.5 Å². The van der Waals surface area contributed by atoms with Gasteiger partial charge < -0.3 is 9.47 Å². The second kappa shape index (κ2) is 12.3. The van der Waals surface area contributed by atoms with Crippen molar-refractivity contribution in [3.8, 4) is 22.3 Å². The van der Waals surface area contributed by atoms with Crippen LogP contribution in [0, 0.1) is 5.92 Å². The standard InChI is InChI=1S/C46H34N2O2/c49-45-37-25-13-23-35(33-19-9-3-10-20-33)43(37)47(29-31-15-5-1-6-16-31)41-27-40-42(28-39(41)45)48(30-32-17-7-2-8-18-32)44-36(34-21-11-4-12-22-34)24-14-26-38(44)46(40)50/h1-28,39,41H,29-30H2. The Morgan fingerprint density at radius 3 is 1.70 bits per heavy atom. The normalized spacial score (nSPS) is 16.2. The van der Waals surface area contributed by atoms with E-state index in [1.807, 2.05) is 84.9 Å². The fourth-order valence-electron chi connectivity index (χ4n) is 7.92. The summed E-state index contributed by atoms with van der Waals surface area (Å²) in [5, 5.41) is 2.12. The van der Waals surface area contributed by atoms with E-state index in [4.69, 9.17) is 0 Å². The van der Waals surface area contributed by atoms with Gasteiger partial charge in [-0.25, -0.2) is 0 Å². The average molecular weight is 647 g/mol. The van der Waals surface area contributed by atoms with Gasteiger partial charge in [0, 0.05) is 45.7 Å². The van der Waals surface area contributed by atoms with Gasteiger partial charge in [0.25, 0.3) is 0 Å². The molecule has 0 fully saturated rings. The molecular formula is C46H34N2O2. The largest absolute Gasteiger partial charge is 0.359 e. The Morgan fingerprint density at radius 1 is 0.500 bits per heavy atom. The number of Topliss-reactive ketones (excluding diaryl/α,β-unsaturated/α-hetero) is 1. The third kappa shape index (κ3) is 5.00. The third-order valence-electron chi connectivity index (χ3n) is 10.2. The monoisotopic (exact) mass is 646 g/mol. The van der Waals surface area contributed by atoms with E-state index in [2.05, 4.69) is 94.4 Å². The molecule has 2 aliphatic rings. The van der Waals surface area contributed by atoms with Gasteiger partial charge in [-0.1, -0.05) is 146 Å². The fraction of sp³-hybridized carbons (Fsp3) is 0.0870. The molecule has 9 rings (SSSR count). The number of ketones is 1. The van der Waals surface area contributed by atoms with Crippen molar-refractivity contribution in [2.24, 2.45) is 5.92 Å². The van der Waals surface area contributed by atoms with Crippen molar-refractivity contribution in [1.29, 1.82) is 0 Å². The van der Waals surface area contributed by atoms with E-state index in [1.54, 1.807) is 0 Å². The Bertz CT molecular complexity index is 2580. The van der Waals surface area contributed by atoms with E-state index in [1.165, 1.54) is 0 Å². The zero-order chi connectivity index (χ0) is 33.6. The number of fused-ring (bicyclic) bond motifs is 4. The lowest BCUT2D eigenvalue weighted by Crippen LogP contribution is -2.56. The van der Waals surface area contributed by atoms with Crippen LogP contribution in [0.25, 0.3) is 45.3 Å². The molecule has 2 heterocycles. The van der Waals surface area contributed by atoms with E-state index in [0.717, 1.165) is 49.9 Å². The number of carbonyl (C=O) groups is 1. The van der Waals surface area contributed by atoms with Crippen molar-refractivity contribution >= 4 is 34.5 Å². The van der Waals surface area contributed by atoms with Crippen LogP contribution in [0.4, 0.5) is 5.69 Å². The molecule has 1 aromatic heterocycles. The zero-order valence-electron chi connectivity index (χ0n) is 27.4. The van der Waals surface area contributed by atoms with Gasteiger partial charge in [0.1, 0.15) is 0 Å². The number of aromatic nitrogens is 1. The molecule has 6 aromatic carbocycles. The lowest BCUT2D eigenvalue weighted by molar-refractivity contribution is 0.0938. The Kier molecular flexibility index (Phi) is 7.35. The van der Waals surface area contributed by atoms with Crippen molar-refractivity contribution in [3.05, 3.63) is 195 Å². The van der Waals surface area contributed by atoms with E-state index < -0.39 is 5.92 Å². The molecule has 0 amide bonds. The first-order valence-electron chi connectivity index (χ1n) is 17.2. The molecule has 0 spiro atoms. The van der Waals surface area contributed by atoms with Gasteiger partial charge in [-0.3, -0.25) is 9.59 Å². The molecule has 2 atom stereocenters. The van der Waals surface area contributed by atoms with Crippen LogP contribution < -0.4 is 20.9 Å². The molecule has 4 nitrogen and oxygen atoms in total. The molecule has 0 radical (unpaired) electrons. The minimum absolute atomic E-state index is 0.0129. The van der Waals surface area contributed by atoms with Gasteiger partial charge in [0.2, 0.25) is 0 Å². The minimum atomic E-state index is -0.479. The molecule has 0 bridgehead atoms. The SMILES string of the molecule is O=C1c2cccc(-c3ccccc3)c2N(Cc2ccccc2)C2C=c3c(=O)c4cccc(-c5ccccc5)c4n(Cc4ccccc4)c3=CC12. The molecular weight excluding hydrogens is 613 g/mol. The number of hydrogen-bond donors (Lipinski definition) is 0. The lowest BCUT2D eigenvalue weighted by atomic mass is 9.79. The molecule has 0 N–H and O–H groups in total. The summed E-state index contributed by atoms with van der Waals surface area (Å²) < 4.78 is 2.27. The van der Waals surface area contributed by atoms with Crippen LogP contribution in [0.2, 0.25) is 0 Å². The summed E-state index contributed by atoms with van der Waals surface area (Å²) >= 11 is 0. The summed E-state index contributed by atoms with van der Waals surface area (Å²) in [6.07, 6.45) is 4.17. The summed E-state index contributed by atoms with van der Waals surface area (Å²) in [7, 11) is 0. The van der Waals surface area contributed by atoms with Gasteiger partial charge in [-0.15, -0.1) is 0 Å². The van der Waals surface area contributed by atoms with Crippen LogP contribution in [-0.4, -0.2) is 16.4 Å². The summed E-state index contributed by atoms with van der Waals surface area (Å²) in [5.41, 5.74) is 8.85. The van der Waals surface area contributed by atoms with E-state index >= 15 is 0 Å². The molecule has 4 heteroatoms.